The van der Waals surface area contributed by atoms with Gasteiger partial charge in [0.05, 0.1) is 5.69 Å². The minimum absolute atomic E-state index is 0.241. The zero-order chi connectivity index (χ0) is 11.1. The SMILES string of the molecule is CCCCCCNc1cc(Cl)ccc1F. The Kier molecular flexibility index (Phi) is 5.48. The van der Waals surface area contributed by atoms with Crippen molar-refractivity contribution in [2.24, 2.45) is 0 Å². The molecule has 1 aromatic rings. The molecule has 0 unspecified atom stereocenters. The number of hydrogen-bond donors (Lipinski definition) is 1. The molecule has 1 aromatic carbocycles. The Morgan fingerprint density at radius 2 is 2.07 bits per heavy atom. The summed E-state index contributed by atoms with van der Waals surface area (Å²) in [6.45, 7) is 2.97. The maximum Gasteiger partial charge on any atom is 0.146 e. The van der Waals surface area contributed by atoms with E-state index in [1.165, 1.54) is 25.3 Å². The van der Waals surface area contributed by atoms with Gasteiger partial charge in [0.25, 0.3) is 0 Å². The molecule has 0 fully saturated rings. The van der Waals surface area contributed by atoms with Crippen molar-refractivity contribution in [3.8, 4) is 0 Å². The predicted octanol–water partition coefficient (Wildman–Crippen LogP) is 4.47. The number of hydrogen-bond acceptors (Lipinski definition) is 1. The normalized spacial score (nSPS) is 10.3. The first-order chi connectivity index (χ1) is 7.24. The highest BCUT2D eigenvalue weighted by Crippen LogP contribution is 2.19. The largest absolute Gasteiger partial charge is 0.383 e. The van der Waals surface area contributed by atoms with E-state index < -0.39 is 0 Å². The van der Waals surface area contributed by atoms with Crippen LogP contribution in [-0.4, -0.2) is 6.54 Å². The predicted molar refractivity (Wildman–Crippen MR) is 64.0 cm³/mol. The third-order valence-corrected chi connectivity index (χ3v) is 2.51. The van der Waals surface area contributed by atoms with Crippen molar-refractivity contribution in [1.29, 1.82) is 0 Å². The van der Waals surface area contributed by atoms with Crippen LogP contribution < -0.4 is 5.32 Å². The summed E-state index contributed by atoms with van der Waals surface area (Å²) in [5.41, 5.74) is 0.499. The van der Waals surface area contributed by atoms with E-state index in [0.717, 1.165) is 13.0 Å². The lowest BCUT2D eigenvalue weighted by molar-refractivity contribution is 0.627. The second-order valence-corrected chi connectivity index (χ2v) is 4.05. The van der Waals surface area contributed by atoms with Crippen molar-refractivity contribution < 1.29 is 4.39 Å². The molecule has 1 N–H and O–H groups in total. The van der Waals surface area contributed by atoms with E-state index in [1.807, 2.05) is 0 Å². The Morgan fingerprint density at radius 1 is 1.27 bits per heavy atom. The zero-order valence-corrected chi connectivity index (χ0v) is 9.78. The zero-order valence-electron chi connectivity index (χ0n) is 9.02. The van der Waals surface area contributed by atoms with Gasteiger partial charge < -0.3 is 5.32 Å². The standard InChI is InChI=1S/C12H17ClFN/c1-2-3-4-5-8-15-12-9-10(13)6-7-11(12)14/h6-7,9,15H,2-5,8H2,1H3. The lowest BCUT2D eigenvalue weighted by Crippen LogP contribution is -2.03. The van der Waals surface area contributed by atoms with Crippen LogP contribution in [0.15, 0.2) is 18.2 Å². The van der Waals surface area contributed by atoms with Gasteiger partial charge in [0.1, 0.15) is 5.82 Å². The molecule has 0 aliphatic carbocycles. The average Bonchev–Trinajstić information content (AvgIpc) is 2.23. The summed E-state index contributed by atoms with van der Waals surface area (Å²) in [5, 5.41) is 3.62. The van der Waals surface area contributed by atoms with Crippen LogP contribution in [-0.2, 0) is 0 Å². The molecule has 0 aromatic heterocycles. The summed E-state index contributed by atoms with van der Waals surface area (Å²) in [6, 6.07) is 4.56. The first-order valence-electron chi connectivity index (χ1n) is 5.43. The van der Waals surface area contributed by atoms with Crippen molar-refractivity contribution in [3.63, 3.8) is 0 Å². The number of halogens is 2. The van der Waals surface area contributed by atoms with Crippen LogP contribution >= 0.6 is 11.6 Å². The summed E-state index contributed by atoms with van der Waals surface area (Å²) in [7, 11) is 0. The van der Waals surface area contributed by atoms with E-state index in [9.17, 15) is 4.39 Å². The molecule has 15 heavy (non-hydrogen) atoms. The van der Waals surface area contributed by atoms with Crippen LogP contribution in [0.3, 0.4) is 0 Å². The molecule has 0 spiro atoms. The van der Waals surface area contributed by atoms with Gasteiger partial charge >= 0.3 is 0 Å². The molecular weight excluding hydrogens is 213 g/mol. The molecule has 0 heterocycles. The molecule has 3 heteroatoms. The molecule has 1 nitrogen and oxygen atoms in total. The van der Waals surface area contributed by atoms with Crippen LogP contribution in [0.25, 0.3) is 0 Å². The summed E-state index contributed by atoms with van der Waals surface area (Å²) in [6.07, 6.45) is 4.71. The van der Waals surface area contributed by atoms with Crippen molar-refractivity contribution in [3.05, 3.63) is 29.0 Å². The van der Waals surface area contributed by atoms with Crippen molar-refractivity contribution in [2.75, 3.05) is 11.9 Å². The van der Waals surface area contributed by atoms with Gasteiger partial charge in [-0.25, -0.2) is 4.39 Å². The fourth-order valence-electron chi connectivity index (χ4n) is 1.41. The molecule has 0 amide bonds. The lowest BCUT2D eigenvalue weighted by atomic mass is 10.2. The molecule has 0 bridgehead atoms. The Bertz CT molecular complexity index is 302. The van der Waals surface area contributed by atoms with E-state index >= 15 is 0 Å². The highest BCUT2D eigenvalue weighted by molar-refractivity contribution is 6.30. The molecule has 0 radical (unpaired) electrons. The second kappa shape index (κ2) is 6.67. The third kappa shape index (κ3) is 4.52. The number of benzene rings is 1. The molecular formula is C12H17ClFN. The minimum Gasteiger partial charge on any atom is -0.383 e. The molecule has 0 saturated carbocycles. The molecule has 0 atom stereocenters. The van der Waals surface area contributed by atoms with Gasteiger partial charge in [-0.3, -0.25) is 0 Å². The average molecular weight is 230 g/mol. The van der Waals surface area contributed by atoms with Crippen LogP contribution in [0.1, 0.15) is 32.6 Å². The third-order valence-electron chi connectivity index (χ3n) is 2.27. The number of unbranched alkanes of at least 4 members (excludes halogenated alkanes) is 3. The van der Waals surface area contributed by atoms with Crippen LogP contribution in [0, 0.1) is 5.82 Å². The first kappa shape index (κ1) is 12.3. The Labute approximate surface area is 95.6 Å². The van der Waals surface area contributed by atoms with Gasteiger partial charge in [0.2, 0.25) is 0 Å². The smallest absolute Gasteiger partial charge is 0.146 e. The van der Waals surface area contributed by atoms with E-state index in [0.29, 0.717) is 10.7 Å². The van der Waals surface area contributed by atoms with Crippen molar-refractivity contribution >= 4 is 17.3 Å². The molecule has 0 aliphatic rings. The van der Waals surface area contributed by atoms with Crippen LogP contribution in [0.5, 0.6) is 0 Å². The van der Waals surface area contributed by atoms with Gasteiger partial charge in [-0.2, -0.15) is 0 Å². The van der Waals surface area contributed by atoms with Gasteiger partial charge in [-0.05, 0) is 24.6 Å². The Balaban J connectivity index is 2.33. The fraction of sp³-hybridized carbons (Fsp3) is 0.500. The lowest BCUT2D eigenvalue weighted by Gasteiger charge is -2.07. The topological polar surface area (TPSA) is 12.0 Å². The quantitative estimate of drug-likeness (QED) is 0.710. The Hall–Kier alpha value is -0.760. The number of anilines is 1. The van der Waals surface area contributed by atoms with E-state index in [4.69, 9.17) is 11.6 Å². The minimum atomic E-state index is -0.241. The monoisotopic (exact) mass is 229 g/mol. The summed E-state index contributed by atoms with van der Waals surface area (Å²) in [5.74, 6) is -0.241. The highest BCUT2D eigenvalue weighted by atomic mass is 35.5. The number of nitrogens with one attached hydrogen (secondary N) is 1. The maximum absolute atomic E-state index is 13.2. The van der Waals surface area contributed by atoms with E-state index in [2.05, 4.69) is 12.2 Å². The van der Waals surface area contributed by atoms with Crippen molar-refractivity contribution in [1.82, 2.24) is 0 Å². The first-order valence-corrected chi connectivity index (χ1v) is 5.80. The maximum atomic E-state index is 13.2. The molecule has 1 rings (SSSR count). The molecule has 0 saturated heterocycles. The van der Waals surface area contributed by atoms with E-state index in [1.54, 1.807) is 12.1 Å². The molecule has 84 valence electrons. The van der Waals surface area contributed by atoms with Gasteiger partial charge in [-0.15, -0.1) is 0 Å². The van der Waals surface area contributed by atoms with E-state index in [-0.39, 0.29) is 5.82 Å². The summed E-state index contributed by atoms with van der Waals surface area (Å²) >= 11 is 5.77. The van der Waals surface area contributed by atoms with Gasteiger partial charge in [0.15, 0.2) is 0 Å². The Morgan fingerprint density at radius 3 is 2.80 bits per heavy atom. The highest BCUT2D eigenvalue weighted by Gasteiger charge is 2.01. The summed E-state index contributed by atoms with van der Waals surface area (Å²) in [4.78, 5) is 0. The summed E-state index contributed by atoms with van der Waals surface area (Å²) < 4.78 is 13.2. The van der Waals surface area contributed by atoms with Gasteiger partial charge in [0, 0.05) is 11.6 Å². The fourth-order valence-corrected chi connectivity index (χ4v) is 1.58. The van der Waals surface area contributed by atoms with Crippen LogP contribution in [0.2, 0.25) is 5.02 Å². The molecule has 0 aliphatic heterocycles. The van der Waals surface area contributed by atoms with Crippen molar-refractivity contribution in [2.45, 2.75) is 32.6 Å². The second-order valence-electron chi connectivity index (χ2n) is 3.61. The van der Waals surface area contributed by atoms with Gasteiger partial charge in [-0.1, -0.05) is 37.8 Å². The number of rotatable bonds is 6. The van der Waals surface area contributed by atoms with Crippen LogP contribution in [0.4, 0.5) is 10.1 Å².